The van der Waals surface area contributed by atoms with Crippen molar-refractivity contribution in [3.8, 4) is 5.75 Å². The highest BCUT2D eigenvalue weighted by Crippen LogP contribution is 2.35. The number of benzene rings is 2. The lowest BCUT2D eigenvalue weighted by atomic mass is 10.1. The molecule has 0 bridgehead atoms. The van der Waals surface area contributed by atoms with Crippen LogP contribution in [-0.2, 0) is 4.74 Å². The van der Waals surface area contributed by atoms with E-state index in [0.717, 1.165) is 5.56 Å². The number of anilines is 2. The zero-order chi connectivity index (χ0) is 20.3. The van der Waals surface area contributed by atoms with E-state index >= 15 is 0 Å². The maximum absolute atomic E-state index is 12.5. The Morgan fingerprint density at radius 2 is 2.07 bits per heavy atom. The molecule has 0 fully saturated rings. The van der Waals surface area contributed by atoms with Gasteiger partial charge in [-0.1, -0.05) is 18.2 Å². The number of aromatic nitrogens is 1. The Kier molecular flexibility index (Phi) is 5.39. The Labute approximate surface area is 161 Å². The third-order valence-corrected chi connectivity index (χ3v) is 4.27. The molecule has 0 unspecified atom stereocenters. The number of rotatable bonds is 6. The van der Waals surface area contributed by atoms with E-state index in [1.54, 1.807) is 31.2 Å². The smallest absolute Gasteiger partial charge is 0.341 e. The molecule has 1 aromatic heterocycles. The summed E-state index contributed by atoms with van der Waals surface area (Å²) in [5.41, 5.74) is 2.48. The topological polar surface area (TPSA) is 104 Å². The van der Waals surface area contributed by atoms with Gasteiger partial charge in [0.2, 0.25) is 0 Å². The molecule has 0 aliphatic heterocycles. The Morgan fingerprint density at radius 3 is 2.75 bits per heavy atom. The first-order valence-electron chi connectivity index (χ1n) is 8.61. The van der Waals surface area contributed by atoms with Gasteiger partial charge < -0.3 is 14.8 Å². The van der Waals surface area contributed by atoms with Gasteiger partial charge in [-0.3, -0.25) is 15.1 Å². The number of hydrogen-bond donors (Lipinski definition) is 1. The van der Waals surface area contributed by atoms with E-state index < -0.39 is 10.9 Å². The van der Waals surface area contributed by atoms with E-state index in [2.05, 4.69) is 10.3 Å². The number of esters is 1. The molecule has 0 saturated carbocycles. The number of para-hydroxylation sites is 1. The molecule has 8 heteroatoms. The number of pyridine rings is 1. The zero-order valence-corrected chi connectivity index (χ0v) is 15.7. The molecule has 1 heterocycles. The van der Waals surface area contributed by atoms with Crippen LogP contribution in [0.25, 0.3) is 10.9 Å². The predicted octanol–water partition coefficient (Wildman–Crippen LogP) is 4.38. The number of hydrogen-bond acceptors (Lipinski definition) is 7. The van der Waals surface area contributed by atoms with Crippen LogP contribution in [0.4, 0.5) is 17.1 Å². The fourth-order valence-electron chi connectivity index (χ4n) is 2.85. The number of fused-ring (bicyclic) bond motifs is 1. The fourth-order valence-corrected chi connectivity index (χ4v) is 2.85. The summed E-state index contributed by atoms with van der Waals surface area (Å²) in [6, 6.07) is 9.85. The highest BCUT2D eigenvalue weighted by atomic mass is 16.6. The van der Waals surface area contributed by atoms with Crippen molar-refractivity contribution in [1.82, 2.24) is 4.98 Å². The molecule has 0 radical (unpaired) electrons. The summed E-state index contributed by atoms with van der Waals surface area (Å²) in [5.74, 6) is 0.0111. The number of nitro benzene ring substituents is 1. The minimum atomic E-state index is -0.537. The summed E-state index contributed by atoms with van der Waals surface area (Å²) in [7, 11) is 1.54. The van der Waals surface area contributed by atoms with E-state index in [-0.39, 0.29) is 17.9 Å². The van der Waals surface area contributed by atoms with E-state index in [1.165, 1.54) is 25.4 Å². The number of non-ortho nitro benzene ring substituents is 1. The van der Waals surface area contributed by atoms with Gasteiger partial charge in [-0.2, -0.15) is 0 Å². The van der Waals surface area contributed by atoms with Gasteiger partial charge in [-0.15, -0.1) is 0 Å². The van der Waals surface area contributed by atoms with Crippen LogP contribution in [0.3, 0.4) is 0 Å². The van der Waals surface area contributed by atoms with Crippen molar-refractivity contribution < 1.29 is 19.2 Å². The molecule has 28 heavy (non-hydrogen) atoms. The summed E-state index contributed by atoms with van der Waals surface area (Å²) in [6.45, 7) is 3.75. The Morgan fingerprint density at radius 1 is 1.29 bits per heavy atom. The molecule has 0 atom stereocenters. The molecule has 0 aliphatic rings. The van der Waals surface area contributed by atoms with Gasteiger partial charge in [0.1, 0.15) is 16.8 Å². The van der Waals surface area contributed by atoms with E-state index in [4.69, 9.17) is 9.47 Å². The van der Waals surface area contributed by atoms with Crippen LogP contribution in [0.15, 0.2) is 42.6 Å². The monoisotopic (exact) mass is 381 g/mol. The van der Waals surface area contributed by atoms with Crippen LogP contribution < -0.4 is 10.1 Å². The number of methoxy groups -OCH3 is 1. The molecule has 1 N–H and O–H groups in total. The lowest BCUT2D eigenvalue weighted by Gasteiger charge is -2.16. The van der Waals surface area contributed by atoms with E-state index in [0.29, 0.717) is 28.0 Å². The molecule has 0 amide bonds. The third-order valence-electron chi connectivity index (χ3n) is 4.27. The van der Waals surface area contributed by atoms with Crippen LogP contribution in [-0.4, -0.2) is 29.6 Å². The molecule has 0 aliphatic carbocycles. The van der Waals surface area contributed by atoms with Crippen molar-refractivity contribution in [1.29, 1.82) is 0 Å². The normalized spacial score (nSPS) is 10.5. The third kappa shape index (κ3) is 3.57. The van der Waals surface area contributed by atoms with Crippen LogP contribution >= 0.6 is 0 Å². The molecule has 3 rings (SSSR count). The minimum Gasteiger partial charge on any atom is -0.494 e. The summed E-state index contributed by atoms with van der Waals surface area (Å²) >= 11 is 0. The average molecular weight is 381 g/mol. The first-order chi connectivity index (χ1) is 13.5. The van der Waals surface area contributed by atoms with Gasteiger partial charge in [-0.05, 0) is 25.5 Å². The van der Waals surface area contributed by atoms with Gasteiger partial charge in [0, 0.05) is 29.4 Å². The Hall–Kier alpha value is -3.68. The Bertz CT molecular complexity index is 1070. The highest BCUT2D eigenvalue weighted by Gasteiger charge is 2.20. The summed E-state index contributed by atoms with van der Waals surface area (Å²) in [4.78, 5) is 27.5. The van der Waals surface area contributed by atoms with Gasteiger partial charge in [-0.25, -0.2) is 4.79 Å². The lowest BCUT2D eigenvalue weighted by Crippen LogP contribution is -2.10. The number of nitrogens with zero attached hydrogens (tertiary/aromatic N) is 2. The molecular weight excluding hydrogens is 362 g/mol. The van der Waals surface area contributed by atoms with Crippen molar-refractivity contribution in [2.24, 2.45) is 0 Å². The molecule has 2 aromatic carbocycles. The number of carbonyl (C=O) groups excluding carboxylic acids is 1. The van der Waals surface area contributed by atoms with Crippen LogP contribution in [0.1, 0.15) is 22.8 Å². The van der Waals surface area contributed by atoms with Gasteiger partial charge in [0.05, 0.1) is 24.3 Å². The van der Waals surface area contributed by atoms with Crippen molar-refractivity contribution in [2.45, 2.75) is 13.8 Å². The van der Waals surface area contributed by atoms with Crippen molar-refractivity contribution in [3.63, 3.8) is 0 Å². The molecule has 8 nitrogen and oxygen atoms in total. The number of aryl methyl sites for hydroxylation is 1. The number of carbonyl (C=O) groups is 1. The minimum absolute atomic E-state index is 0.0540. The molecule has 144 valence electrons. The lowest BCUT2D eigenvalue weighted by molar-refractivity contribution is -0.384. The predicted molar refractivity (Wildman–Crippen MR) is 105 cm³/mol. The van der Waals surface area contributed by atoms with Gasteiger partial charge in [0.25, 0.3) is 5.69 Å². The average Bonchev–Trinajstić information content (AvgIpc) is 2.69. The van der Waals surface area contributed by atoms with E-state index in [1.807, 2.05) is 6.92 Å². The van der Waals surface area contributed by atoms with Gasteiger partial charge in [0.15, 0.2) is 0 Å². The summed E-state index contributed by atoms with van der Waals surface area (Å²) < 4.78 is 10.5. The SMILES string of the molecule is CCOC(=O)c1cnc2c(OC)cccc2c1Nc1cc([N+](=O)[O-])ccc1C. The van der Waals surface area contributed by atoms with Crippen molar-refractivity contribution in [3.05, 3.63) is 63.8 Å². The number of ether oxygens (including phenoxy) is 2. The second-order valence-electron chi connectivity index (χ2n) is 6.01. The van der Waals surface area contributed by atoms with Crippen LogP contribution in [0.5, 0.6) is 5.75 Å². The molecule has 0 saturated heterocycles. The maximum Gasteiger partial charge on any atom is 0.341 e. The van der Waals surface area contributed by atoms with Gasteiger partial charge >= 0.3 is 5.97 Å². The molecular formula is C20H19N3O5. The van der Waals surface area contributed by atoms with Crippen LogP contribution in [0.2, 0.25) is 0 Å². The quantitative estimate of drug-likeness (QED) is 0.384. The highest BCUT2D eigenvalue weighted by molar-refractivity contribution is 6.07. The standard InChI is InChI=1S/C20H19N3O5/c1-4-28-20(24)15-11-21-19-14(6-5-7-17(19)27-3)18(15)22-16-10-13(23(25)26)9-8-12(16)2/h5-11H,4H2,1-3H3,(H,21,22). The number of nitrogens with one attached hydrogen (secondary N) is 1. The first kappa shape index (κ1) is 19.1. The second-order valence-corrected chi connectivity index (χ2v) is 6.01. The van der Waals surface area contributed by atoms with E-state index in [9.17, 15) is 14.9 Å². The fraction of sp³-hybridized carbons (Fsp3) is 0.200. The van der Waals surface area contributed by atoms with Crippen molar-refractivity contribution >= 4 is 33.9 Å². The molecule has 0 spiro atoms. The molecule has 3 aromatic rings. The maximum atomic E-state index is 12.5. The summed E-state index contributed by atoms with van der Waals surface area (Å²) in [5, 5.41) is 15.0. The summed E-state index contributed by atoms with van der Waals surface area (Å²) in [6.07, 6.45) is 1.41. The largest absolute Gasteiger partial charge is 0.494 e. The second kappa shape index (κ2) is 7.91. The van der Waals surface area contributed by atoms with Crippen LogP contribution in [0, 0.1) is 17.0 Å². The number of nitro groups is 1. The first-order valence-corrected chi connectivity index (χ1v) is 8.61. The zero-order valence-electron chi connectivity index (χ0n) is 15.7. The van der Waals surface area contributed by atoms with Crippen molar-refractivity contribution in [2.75, 3.05) is 19.0 Å². The Balaban J connectivity index is 2.22.